The van der Waals surface area contributed by atoms with Crippen molar-refractivity contribution in [2.45, 2.75) is 37.6 Å². The van der Waals surface area contributed by atoms with Gasteiger partial charge in [-0.3, -0.25) is 19.4 Å². The summed E-state index contributed by atoms with van der Waals surface area (Å²) in [7, 11) is 0. The van der Waals surface area contributed by atoms with Gasteiger partial charge in [-0.05, 0) is 48.4 Å². The molecule has 2 heterocycles. The number of benzene rings is 2. The molecule has 0 unspecified atom stereocenters. The molecule has 0 saturated heterocycles. The summed E-state index contributed by atoms with van der Waals surface area (Å²) in [4.78, 5) is 38.3. The van der Waals surface area contributed by atoms with Crippen LogP contribution in [0.2, 0.25) is 10.0 Å². The van der Waals surface area contributed by atoms with E-state index >= 15 is 0 Å². The molecule has 3 N–H and O–H groups in total. The minimum absolute atomic E-state index is 0.0307. The molecule has 0 aliphatic carbocycles. The maximum atomic E-state index is 13.7. The lowest BCUT2D eigenvalue weighted by Gasteiger charge is -2.46. The number of hydrogen-bond donors (Lipinski definition) is 3. The number of aromatic nitrogens is 1. The molecule has 10 heteroatoms. The van der Waals surface area contributed by atoms with Gasteiger partial charge < -0.3 is 15.1 Å². The molecule has 0 bridgehead atoms. The summed E-state index contributed by atoms with van der Waals surface area (Å²) in [6, 6.07) is 14.8. The number of hydroxylamine groups is 1. The van der Waals surface area contributed by atoms with Gasteiger partial charge in [0.15, 0.2) is 0 Å². The summed E-state index contributed by atoms with van der Waals surface area (Å²) in [6.07, 6.45) is 0.521. The van der Waals surface area contributed by atoms with Crippen molar-refractivity contribution in [3.63, 3.8) is 0 Å². The Hall–Kier alpha value is -3.01. The van der Waals surface area contributed by atoms with Gasteiger partial charge in [-0.15, -0.1) is 0 Å². The fourth-order valence-electron chi connectivity index (χ4n) is 4.47. The summed E-state index contributed by atoms with van der Waals surface area (Å²) in [5.74, 6) is -1.96. The molecule has 4 rings (SSSR count). The van der Waals surface area contributed by atoms with Crippen LogP contribution in [0.4, 0.5) is 0 Å². The predicted molar refractivity (Wildman–Crippen MR) is 134 cm³/mol. The average Bonchev–Trinajstić information content (AvgIpc) is 2.86. The summed E-state index contributed by atoms with van der Waals surface area (Å²) in [5, 5.41) is 21.2. The van der Waals surface area contributed by atoms with E-state index in [2.05, 4.69) is 10.5 Å². The van der Waals surface area contributed by atoms with Crippen molar-refractivity contribution in [1.29, 1.82) is 0 Å². The number of aliphatic hydroxyl groups is 2. The molecule has 0 spiro atoms. The lowest BCUT2D eigenvalue weighted by Crippen LogP contribution is -2.55. The highest BCUT2D eigenvalue weighted by Gasteiger charge is 2.48. The first-order valence-corrected chi connectivity index (χ1v) is 12.1. The van der Waals surface area contributed by atoms with E-state index in [0.717, 1.165) is 0 Å². The van der Waals surface area contributed by atoms with E-state index in [0.29, 0.717) is 21.8 Å². The third kappa shape index (κ3) is 5.23. The second-order valence-electron chi connectivity index (χ2n) is 8.45. The van der Waals surface area contributed by atoms with Gasteiger partial charge in [0.25, 0.3) is 11.8 Å². The number of carbonyl (C=O) groups excluding carboxylic acids is 2. The monoisotopic (exact) mass is 529 g/mol. The number of nitrogens with one attached hydrogen (secondary N) is 1. The molecule has 36 heavy (non-hydrogen) atoms. The Balaban J connectivity index is 1.80. The average molecular weight is 530 g/mol. The topological polar surface area (TPSA) is 112 Å². The smallest absolute Gasteiger partial charge is 0.255 e. The van der Waals surface area contributed by atoms with Crippen LogP contribution in [0.3, 0.4) is 0 Å². The lowest BCUT2D eigenvalue weighted by atomic mass is 9.78. The maximum absolute atomic E-state index is 13.7. The quantitative estimate of drug-likeness (QED) is 0.384. The van der Waals surface area contributed by atoms with E-state index in [-0.39, 0.29) is 17.2 Å². The summed E-state index contributed by atoms with van der Waals surface area (Å²) >= 11 is 12.7. The molecule has 2 amide bonds. The van der Waals surface area contributed by atoms with Crippen molar-refractivity contribution in [2.24, 2.45) is 0 Å². The van der Waals surface area contributed by atoms with Crippen molar-refractivity contribution in [3.8, 4) is 0 Å². The van der Waals surface area contributed by atoms with Crippen molar-refractivity contribution in [3.05, 3.63) is 99.3 Å². The predicted octanol–water partition coefficient (Wildman–Crippen LogP) is 3.66. The SMILES string of the molecule is C[C@H](O)[C@H](CO)N1C(=O)c2ccccc2[C@H](C(=O)NOCc2ccccn2)[C@H]1c1ccc(Cl)cc1Cl. The molecule has 0 saturated carbocycles. The third-order valence-corrected chi connectivity index (χ3v) is 6.72. The van der Waals surface area contributed by atoms with Gasteiger partial charge in [0.2, 0.25) is 0 Å². The van der Waals surface area contributed by atoms with Crippen LogP contribution in [-0.2, 0) is 16.2 Å². The molecular weight excluding hydrogens is 505 g/mol. The van der Waals surface area contributed by atoms with Crippen LogP contribution in [0.1, 0.15) is 46.1 Å². The first-order valence-electron chi connectivity index (χ1n) is 11.3. The zero-order valence-corrected chi connectivity index (χ0v) is 20.9. The lowest BCUT2D eigenvalue weighted by molar-refractivity contribution is -0.138. The molecule has 2 aromatic carbocycles. The van der Waals surface area contributed by atoms with Crippen LogP contribution in [0.5, 0.6) is 0 Å². The molecule has 4 atom stereocenters. The van der Waals surface area contributed by atoms with Crippen molar-refractivity contribution in [1.82, 2.24) is 15.4 Å². The Morgan fingerprint density at radius 1 is 1.14 bits per heavy atom. The van der Waals surface area contributed by atoms with Crippen LogP contribution in [0, 0.1) is 0 Å². The molecule has 188 valence electrons. The minimum atomic E-state index is -1.10. The van der Waals surface area contributed by atoms with E-state index in [1.165, 1.54) is 17.9 Å². The zero-order valence-electron chi connectivity index (χ0n) is 19.3. The van der Waals surface area contributed by atoms with E-state index < -0.39 is 42.5 Å². The van der Waals surface area contributed by atoms with E-state index in [9.17, 15) is 19.8 Å². The van der Waals surface area contributed by atoms with E-state index in [1.807, 2.05) is 0 Å². The third-order valence-electron chi connectivity index (χ3n) is 6.16. The van der Waals surface area contributed by atoms with Gasteiger partial charge in [0, 0.05) is 21.8 Å². The van der Waals surface area contributed by atoms with Gasteiger partial charge in [-0.25, -0.2) is 5.48 Å². The number of hydrogen-bond acceptors (Lipinski definition) is 6. The maximum Gasteiger partial charge on any atom is 0.255 e. The van der Waals surface area contributed by atoms with Gasteiger partial charge in [-0.2, -0.15) is 0 Å². The second kappa shape index (κ2) is 11.4. The molecule has 0 fully saturated rings. The number of fused-ring (bicyclic) bond motifs is 1. The normalized spacial score (nSPS) is 18.9. The second-order valence-corrected chi connectivity index (χ2v) is 9.30. The number of halogens is 2. The van der Waals surface area contributed by atoms with Crippen molar-refractivity contribution < 1.29 is 24.6 Å². The Labute approximate surface area is 218 Å². The van der Waals surface area contributed by atoms with Gasteiger partial charge >= 0.3 is 0 Å². The molecule has 8 nitrogen and oxygen atoms in total. The van der Waals surface area contributed by atoms with Gasteiger partial charge in [-0.1, -0.05) is 53.5 Å². The van der Waals surface area contributed by atoms with Crippen molar-refractivity contribution in [2.75, 3.05) is 6.61 Å². The fourth-order valence-corrected chi connectivity index (χ4v) is 4.99. The van der Waals surface area contributed by atoms with Crippen LogP contribution < -0.4 is 5.48 Å². The Bertz CT molecular complexity index is 1240. The van der Waals surface area contributed by atoms with Gasteiger partial charge in [0.1, 0.15) is 6.61 Å². The van der Waals surface area contributed by atoms with Crippen molar-refractivity contribution >= 4 is 35.0 Å². The highest BCUT2D eigenvalue weighted by molar-refractivity contribution is 6.35. The van der Waals surface area contributed by atoms with Crippen LogP contribution >= 0.6 is 23.2 Å². The zero-order chi connectivity index (χ0) is 25.8. The largest absolute Gasteiger partial charge is 0.394 e. The number of pyridine rings is 1. The number of nitrogens with zero attached hydrogens (tertiary/aromatic N) is 2. The highest BCUT2D eigenvalue weighted by Crippen LogP contribution is 2.46. The summed E-state index contributed by atoms with van der Waals surface area (Å²) < 4.78 is 0. The Kier molecular flexibility index (Phi) is 8.23. The highest BCUT2D eigenvalue weighted by atomic mass is 35.5. The fraction of sp³-hybridized carbons (Fsp3) is 0.269. The number of carbonyl (C=O) groups is 2. The van der Waals surface area contributed by atoms with Gasteiger partial charge in [0.05, 0.1) is 36.4 Å². The minimum Gasteiger partial charge on any atom is -0.394 e. The first-order chi connectivity index (χ1) is 17.3. The molecule has 1 aliphatic rings. The van der Waals surface area contributed by atoms with E-state index in [1.54, 1.807) is 60.8 Å². The Morgan fingerprint density at radius 3 is 2.56 bits per heavy atom. The summed E-state index contributed by atoms with van der Waals surface area (Å²) in [6.45, 7) is 0.973. The van der Waals surface area contributed by atoms with E-state index in [4.69, 9.17) is 28.0 Å². The molecule has 3 aromatic rings. The Morgan fingerprint density at radius 2 is 1.89 bits per heavy atom. The number of aliphatic hydroxyl groups excluding tert-OH is 2. The van der Waals surface area contributed by atoms with Crippen LogP contribution in [0.15, 0.2) is 66.9 Å². The molecule has 0 radical (unpaired) electrons. The molecule has 1 aromatic heterocycles. The molecular formula is C26H25Cl2N3O5. The van der Waals surface area contributed by atoms with Crippen LogP contribution in [0.25, 0.3) is 0 Å². The summed E-state index contributed by atoms with van der Waals surface area (Å²) in [5.41, 5.74) is 4.29. The standard InChI is InChI=1S/C26H25Cl2N3O5/c1-15(33)22(13-32)31-24(20-10-9-16(27)12-21(20)28)23(18-7-2-3-8-19(18)26(31)35)25(34)30-36-14-17-6-4-5-11-29-17/h2-12,15,22-24,32-33H,13-14H2,1H3,(H,30,34)/t15-,22-,23-,24+/m0/s1. The van der Waals surface area contributed by atoms with Crippen LogP contribution in [-0.4, -0.2) is 50.7 Å². The first kappa shape index (κ1) is 26.1. The molecule has 1 aliphatic heterocycles. The number of rotatable bonds is 8. The number of amides is 2.